The van der Waals surface area contributed by atoms with Crippen molar-refractivity contribution in [2.24, 2.45) is 5.92 Å². The maximum Gasteiger partial charge on any atom is 0.303 e. The van der Waals surface area contributed by atoms with E-state index in [1.54, 1.807) is 6.20 Å². The first-order valence-electron chi connectivity index (χ1n) is 8.79. The van der Waals surface area contributed by atoms with E-state index in [2.05, 4.69) is 27.2 Å². The van der Waals surface area contributed by atoms with E-state index in [9.17, 15) is 9.90 Å². The van der Waals surface area contributed by atoms with E-state index in [1.165, 1.54) is 5.56 Å². The zero-order valence-electron chi connectivity index (χ0n) is 14.6. The van der Waals surface area contributed by atoms with Crippen LogP contribution >= 0.6 is 0 Å². The van der Waals surface area contributed by atoms with Gasteiger partial charge in [0.1, 0.15) is 13.2 Å². The number of H-pyrrole nitrogens is 1. The molecule has 0 amide bonds. The molecule has 1 fully saturated rings. The highest BCUT2D eigenvalue weighted by Gasteiger charge is 2.36. The molecule has 1 saturated heterocycles. The summed E-state index contributed by atoms with van der Waals surface area (Å²) < 4.78 is 11.3. The van der Waals surface area contributed by atoms with Crippen LogP contribution in [0, 0.1) is 12.8 Å². The SMILES string of the molecule is Cc1cc2c(cc1CN1C[C@H](CC(=O)O)[C@H](c3cn[nH]n3)C1)OCCO2. The Balaban J connectivity index is 1.52. The van der Waals surface area contributed by atoms with Gasteiger partial charge in [0.15, 0.2) is 11.5 Å². The maximum absolute atomic E-state index is 11.3. The van der Waals surface area contributed by atoms with Gasteiger partial charge in [-0.3, -0.25) is 9.69 Å². The van der Waals surface area contributed by atoms with E-state index in [0.29, 0.717) is 13.2 Å². The predicted octanol–water partition coefficient (Wildman–Crippen LogP) is 1.57. The largest absolute Gasteiger partial charge is 0.486 e. The lowest BCUT2D eigenvalue weighted by atomic mass is 9.91. The molecule has 1 aromatic heterocycles. The number of carboxylic acid groups (broad SMARTS) is 1. The fraction of sp³-hybridized carbons (Fsp3) is 0.500. The molecule has 4 rings (SSSR count). The summed E-state index contributed by atoms with van der Waals surface area (Å²) in [7, 11) is 0. The van der Waals surface area contributed by atoms with E-state index in [4.69, 9.17) is 9.47 Å². The Morgan fingerprint density at radius 2 is 2.08 bits per heavy atom. The number of ether oxygens (including phenoxy) is 2. The first-order valence-corrected chi connectivity index (χ1v) is 8.79. The number of benzene rings is 1. The molecule has 8 heteroatoms. The number of carbonyl (C=O) groups is 1. The molecule has 0 bridgehead atoms. The van der Waals surface area contributed by atoms with E-state index in [-0.39, 0.29) is 18.3 Å². The van der Waals surface area contributed by atoms with Crippen molar-refractivity contribution in [1.82, 2.24) is 20.3 Å². The Kier molecular flexibility index (Phi) is 4.50. The number of rotatable bonds is 5. The van der Waals surface area contributed by atoms with Gasteiger partial charge in [-0.05, 0) is 36.1 Å². The topological polar surface area (TPSA) is 101 Å². The molecule has 8 nitrogen and oxygen atoms in total. The molecule has 26 heavy (non-hydrogen) atoms. The molecule has 2 aromatic rings. The molecule has 2 atom stereocenters. The third kappa shape index (κ3) is 3.37. The molecular formula is C18H22N4O4. The number of carboxylic acids is 1. The van der Waals surface area contributed by atoms with Crippen LogP contribution in [-0.4, -0.2) is 57.7 Å². The van der Waals surface area contributed by atoms with Crippen molar-refractivity contribution < 1.29 is 19.4 Å². The Morgan fingerprint density at radius 3 is 2.77 bits per heavy atom. The van der Waals surface area contributed by atoms with Crippen LogP contribution in [0.4, 0.5) is 0 Å². The Hall–Kier alpha value is -2.61. The molecule has 2 aliphatic heterocycles. The zero-order valence-corrected chi connectivity index (χ0v) is 14.6. The van der Waals surface area contributed by atoms with Crippen LogP contribution in [0.15, 0.2) is 18.3 Å². The fourth-order valence-corrected chi connectivity index (χ4v) is 3.89. The molecule has 0 spiro atoms. The number of nitrogens with one attached hydrogen (secondary N) is 1. The number of aryl methyl sites for hydroxylation is 1. The van der Waals surface area contributed by atoms with Crippen molar-refractivity contribution in [2.75, 3.05) is 26.3 Å². The van der Waals surface area contributed by atoms with Crippen molar-refractivity contribution in [3.63, 3.8) is 0 Å². The first-order chi connectivity index (χ1) is 12.6. The quantitative estimate of drug-likeness (QED) is 0.837. The second-order valence-electron chi connectivity index (χ2n) is 6.98. The van der Waals surface area contributed by atoms with Crippen LogP contribution in [0.2, 0.25) is 0 Å². The highest BCUT2D eigenvalue weighted by Crippen LogP contribution is 2.37. The smallest absolute Gasteiger partial charge is 0.303 e. The third-order valence-corrected chi connectivity index (χ3v) is 5.16. The first kappa shape index (κ1) is 16.8. The summed E-state index contributed by atoms with van der Waals surface area (Å²) in [5.41, 5.74) is 3.15. The van der Waals surface area contributed by atoms with Gasteiger partial charge in [-0.2, -0.15) is 15.4 Å². The molecule has 2 aliphatic rings. The normalized spacial score (nSPS) is 22.5. The lowest BCUT2D eigenvalue weighted by Gasteiger charge is -2.22. The van der Waals surface area contributed by atoms with Gasteiger partial charge in [-0.15, -0.1) is 0 Å². The minimum atomic E-state index is -0.777. The van der Waals surface area contributed by atoms with Crippen LogP contribution in [0.5, 0.6) is 11.5 Å². The predicted molar refractivity (Wildman–Crippen MR) is 92.3 cm³/mol. The maximum atomic E-state index is 11.3. The van der Waals surface area contributed by atoms with Gasteiger partial charge >= 0.3 is 5.97 Å². The van der Waals surface area contributed by atoms with Crippen molar-refractivity contribution >= 4 is 5.97 Å². The number of aromatic nitrogens is 3. The minimum Gasteiger partial charge on any atom is -0.486 e. The van der Waals surface area contributed by atoms with Crippen LogP contribution in [0.3, 0.4) is 0 Å². The van der Waals surface area contributed by atoms with Crippen LogP contribution in [0.25, 0.3) is 0 Å². The summed E-state index contributed by atoms with van der Waals surface area (Å²) in [5.74, 6) is 0.896. The number of aliphatic carboxylic acids is 1. The Bertz CT molecular complexity index is 793. The van der Waals surface area contributed by atoms with Gasteiger partial charge in [0.2, 0.25) is 0 Å². The molecule has 0 radical (unpaired) electrons. The van der Waals surface area contributed by atoms with E-state index < -0.39 is 5.97 Å². The molecule has 0 saturated carbocycles. The molecule has 2 N–H and O–H groups in total. The van der Waals surface area contributed by atoms with Gasteiger partial charge in [0, 0.05) is 25.6 Å². The summed E-state index contributed by atoms with van der Waals surface area (Å²) in [5, 5.41) is 19.9. The van der Waals surface area contributed by atoms with Gasteiger partial charge in [0.25, 0.3) is 0 Å². The summed E-state index contributed by atoms with van der Waals surface area (Å²) >= 11 is 0. The van der Waals surface area contributed by atoms with Crippen molar-refractivity contribution in [3.05, 3.63) is 35.2 Å². The molecular weight excluding hydrogens is 336 g/mol. The molecule has 3 heterocycles. The average Bonchev–Trinajstić information content (AvgIpc) is 3.25. The zero-order chi connectivity index (χ0) is 18.1. The lowest BCUT2D eigenvalue weighted by molar-refractivity contribution is -0.138. The average molecular weight is 358 g/mol. The van der Waals surface area contributed by atoms with E-state index in [0.717, 1.165) is 42.4 Å². The number of likely N-dealkylation sites (tertiary alicyclic amines) is 1. The number of hydrogen-bond acceptors (Lipinski definition) is 6. The molecule has 0 aliphatic carbocycles. The number of hydrogen-bond donors (Lipinski definition) is 2. The highest BCUT2D eigenvalue weighted by atomic mass is 16.6. The van der Waals surface area contributed by atoms with Crippen molar-refractivity contribution in [1.29, 1.82) is 0 Å². The second-order valence-corrected chi connectivity index (χ2v) is 6.98. The van der Waals surface area contributed by atoms with Crippen molar-refractivity contribution in [3.8, 4) is 11.5 Å². The van der Waals surface area contributed by atoms with Crippen LogP contribution < -0.4 is 9.47 Å². The summed E-state index contributed by atoms with van der Waals surface area (Å²) in [6.07, 6.45) is 1.83. The monoisotopic (exact) mass is 358 g/mol. The standard InChI is InChI=1S/C18H22N4O4/c1-11-4-16-17(26-3-2-25-16)5-12(11)8-22-9-13(6-18(23)24)14(10-22)15-7-19-21-20-15/h4-5,7,13-14H,2-3,6,8-10H2,1H3,(H,23,24)(H,19,20,21)/t13-,14+/m0/s1. The molecule has 138 valence electrons. The summed E-state index contributed by atoms with van der Waals surface area (Å²) in [6.45, 7) is 5.43. The lowest BCUT2D eigenvalue weighted by Crippen LogP contribution is -2.22. The Morgan fingerprint density at radius 1 is 1.31 bits per heavy atom. The van der Waals surface area contributed by atoms with Crippen LogP contribution in [0.1, 0.15) is 29.2 Å². The van der Waals surface area contributed by atoms with E-state index >= 15 is 0 Å². The molecule has 1 aromatic carbocycles. The van der Waals surface area contributed by atoms with Crippen LogP contribution in [-0.2, 0) is 11.3 Å². The second kappa shape index (κ2) is 6.95. The number of aromatic amines is 1. The Labute approximate surface area is 151 Å². The fourth-order valence-electron chi connectivity index (χ4n) is 3.89. The summed E-state index contributed by atoms with van der Waals surface area (Å²) in [4.78, 5) is 13.5. The minimum absolute atomic E-state index is 0.0233. The van der Waals surface area contributed by atoms with Gasteiger partial charge in [0.05, 0.1) is 18.3 Å². The van der Waals surface area contributed by atoms with Gasteiger partial charge < -0.3 is 14.6 Å². The third-order valence-electron chi connectivity index (χ3n) is 5.16. The number of nitrogens with zero attached hydrogens (tertiary/aromatic N) is 3. The van der Waals surface area contributed by atoms with Gasteiger partial charge in [-0.25, -0.2) is 0 Å². The van der Waals surface area contributed by atoms with Gasteiger partial charge in [-0.1, -0.05) is 0 Å². The van der Waals surface area contributed by atoms with E-state index in [1.807, 2.05) is 12.1 Å². The molecule has 0 unspecified atom stereocenters. The number of fused-ring (bicyclic) bond motifs is 1. The highest BCUT2D eigenvalue weighted by molar-refractivity contribution is 5.67. The summed E-state index contributed by atoms with van der Waals surface area (Å²) in [6, 6.07) is 4.06. The van der Waals surface area contributed by atoms with Crippen molar-refractivity contribution in [2.45, 2.75) is 25.8 Å².